The van der Waals surface area contributed by atoms with E-state index in [4.69, 9.17) is 0 Å². The van der Waals surface area contributed by atoms with E-state index in [1.807, 2.05) is 0 Å². The van der Waals surface area contributed by atoms with Gasteiger partial charge >= 0.3 is 0 Å². The number of hydrogen-bond donors (Lipinski definition) is 1. The Morgan fingerprint density at radius 3 is 2.82 bits per heavy atom. The Bertz CT molecular complexity index is 491. The van der Waals surface area contributed by atoms with Gasteiger partial charge in [-0.25, -0.2) is 0 Å². The molecule has 0 radical (unpaired) electrons. The van der Waals surface area contributed by atoms with Gasteiger partial charge in [-0.1, -0.05) is 11.8 Å². The van der Waals surface area contributed by atoms with E-state index >= 15 is 0 Å². The number of carbonyl (C=O) groups excluding carboxylic acids is 2. The zero-order chi connectivity index (χ0) is 12.4. The maximum absolute atomic E-state index is 11.8. The minimum absolute atomic E-state index is 0.00641. The lowest BCUT2D eigenvalue weighted by Gasteiger charge is -2.15. The summed E-state index contributed by atoms with van der Waals surface area (Å²) in [4.78, 5) is 37.8. The van der Waals surface area contributed by atoms with E-state index in [9.17, 15) is 14.4 Å². The third-order valence-electron chi connectivity index (χ3n) is 2.50. The fourth-order valence-corrected chi connectivity index (χ4v) is 2.73. The molecule has 5 nitrogen and oxygen atoms in total. The van der Waals surface area contributed by atoms with Gasteiger partial charge in [0.15, 0.2) is 5.12 Å². The number of amides is 1. The van der Waals surface area contributed by atoms with Crippen LogP contribution in [-0.2, 0) is 9.59 Å². The van der Waals surface area contributed by atoms with E-state index in [1.54, 1.807) is 11.0 Å². The lowest BCUT2D eigenvalue weighted by Crippen LogP contribution is -2.25. The van der Waals surface area contributed by atoms with Crippen LogP contribution in [0.3, 0.4) is 0 Å². The molecule has 1 aliphatic rings. The van der Waals surface area contributed by atoms with Gasteiger partial charge in [0.25, 0.3) is 0 Å². The number of anilines is 1. The monoisotopic (exact) mass is 252 g/mol. The van der Waals surface area contributed by atoms with Crippen molar-refractivity contribution < 1.29 is 9.59 Å². The maximum Gasteiger partial charge on any atom is 0.248 e. The van der Waals surface area contributed by atoms with Gasteiger partial charge < -0.3 is 9.88 Å². The molecule has 0 aromatic carbocycles. The molecule has 1 aromatic heterocycles. The second kappa shape index (κ2) is 4.75. The highest BCUT2D eigenvalue weighted by molar-refractivity contribution is 8.14. The second-order valence-corrected chi connectivity index (χ2v) is 5.33. The van der Waals surface area contributed by atoms with E-state index in [0.717, 1.165) is 0 Å². The number of carbonyl (C=O) groups is 2. The molecule has 0 aliphatic carbocycles. The number of nitrogens with one attached hydrogen (secondary N) is 1. The molecule has 0 spiro atoms. The molecule has 0 bridgehead atoms. The number of pyridine rings is 1. The van der Waals surface area contributed by atoms with Crippen molar-refractivity contribution in [2.45, 2.75) is 18.6 Å². The lowest BCUT2D eigenvalue weighted by molar-refractivity contribution is -0.117. The summed E-state index contributed by atoms with van der Waals surface area (Å²) < 4.78 is 0. The minimum Gasteiger partial charge on any atom is -0.327 e. The largest absolute Gasteiger partial charge is 0.327 e. The molecule has 17 heavy (non-hydrogen) atoms. The highest BCUT2D eigenvalue weighted by Gasteiger charge is 2.31. The molecule has 1 atom stereocenters. The highest BCUT2D eigenvalue weighted by Crippen LogP contribution is 2.27. The first kappa shape index (κ1) is 11.9. The smallest absolute Gasteiger partial charge is 0.248 e. The van der Waals surface area contributed by atoms with Crippen molar-refractivity contribution in [1.29, 1.82) is 0 Å². The van der Waals surface area contributed by atoms with Crippen molar-refractivity contribution in [3.63, 3.8) is 0 Å². The van der Waals surface area contributed by atoms with Gasteiger partial charge in [0, 0.05) is 37.4 Å². The van der Waals surface area contributed by atoms with E-state index in [-0.39, 0.29) is 21.8 Å². The average Bonchev–Trinajstić information content (AvgIpc) is 2.59. The van der Waals surface area contributed by atoms with E-state index in [2.05, 4.69) is 4.98 Å². The first-order chi connectivity index (χ1) is 8.06. The predicted octanol–water partition coefficient (Wildman–Crippen LogP) is 0.760. The molecule has 6 heteroatoms. The van der Waals surface area contributed by atoms with Crippen LogP contribution < -0.4 is 10.5 Å². The number of H-pyrrole nitrogens is 1. The average molecular weight is 252 g/mol. The fraction of sp³-hybridized carbons (Fsp3) is 0.364. The highest BCUT2D eigenvalue weighted by atomic mass is 32.2. The van der Waals surface area contributed by atoms with Crippen LogP contribution in [-0.4, -0.2) is 27.8 Å². The van der Waals surface area contributed by atoms with Crippen molar-refractivity contribution >= 4 is 28.5 Å². The van der Waals surface area contributed by atoms with Crippen LogP contribution in [0, 0.1) is 0 Å². The lowest BCUT2D eigenvalue weighted by atomic mass is 10.4. The van der Waals surface area contributed by atoms with Crippen LogP contribution in [0.4, 0.5) is 5.69 Å². The molecule has 1 unspecified atom stereocenters. The number of aromatic amines is 1. The van der Waals surface area contributed by atoms with Crippen molar-refractivity contribution in [2.24, 2.45) is 0 Å². The Morgan fingerprint density at radius 1 is 1.47 bits per heavy atom. The molecule has 2 heterocycles. The Labute approximate surface area is 102 Å². The molecule has 1 aliphatic heterocycles. The standard InChI is InChI=1S/C11H12N2O3S/c1-7(14)17-9-4-11(16)13(6-9)8-2-3-10(15)12-5-8/h2-3,5,9H,4,6H2,1H3,(H,12,15). The van der Waals surface area contributed by atoms with Gasteiger partial charge in [-0.2, -0.15) is 0 Å². The molecular formula is C11H12N2O3S. The Balaban J connectivity index is 2.12. The molecule has 90 valence electrons. The van der Waals surface area contributed by atoms with Gasteiger partial charge in [0.1, 0.15) is 0 Å². The zero-order valence-electron chi connectivity index (χ0n) is 9.30. The van der Waals surface area contributed by atoms with Gasteiger partial charge in [0.05, 0.1) is 5.69 Å². The van der Waals surface area contributed by atoms with Crippen molar-refractivity contribution in [2.75, 3.05) is 11.4 Å². The molecule has 2 rings (SSSR count). The van der Waals surface area contributed by atoms with Crippen LogP contribution in [0.25, 0.3) is 0 Å². The molecule has 1 saturated heterocycles. The Kier molecular flexibility index (Phi) is 3.33. The van der Waals surface area contributed by atoms with E-state index in [0.29, 0.717) is 18.7 Å². The summed E-state index contributed by atoms with van der Waals surface area (Å²) in [5.74, 6) is -0.0178. The van der Waals surface area contributed by atoms with Crippen molar-refractivity contribution in [3.8, 4) is 0 Å². The minimum atomic E-state index is -0.199. The zero-order valence-corrected chi connectivity index (χ0v) is 10.1. The van der Waals surface area contributed by atoms with E-state index < -0.39 is 0 Å². The normalized spacial score (nSPS) is 19.7. The topological polar surface area (TPSA) is 70.2 Å². The van der Waals surface area contributed by atoms with Gasteiger partial charge in [-0.3, -0.25) is 14.4 Å². The summed E-state index contributed by atoms with van der Waals surface area (Å²) in [6.07, 6.45) is 1.88. The number of hydrogen-bond acceptors (Lipinski definition) is 4. The molecule has 1 fully saturated rings. The predicted molar refractivity (Wildman–Crippen MR) is 66.1 cm³/mol. The van der Waals surface area contributed by atoms with Crippen molar-refractivity contribution in [3.05, 3.63) is 28.7 Å². The van der Waals surface area contributed by atoms with Crippen LogP contribution in [0.1, 0.15) is 13.3 Å². The summed E-state index contributed by atoms with van der Waals surface area (Å²) in [6, 6.07) is 2.99. The SMILES string of the molecule is CC(=O)SC1CC(=O)N(c2ccc(=O)[nH]c2)C1. The number of aromatic nitrogens is 1. The molecular weight excluding hydrogens is 240 g/mol. The summed E-state index contributed by atoms with van der Waals surface area (Å²) in [5, 5.41) is 0.0260. The quantitative estimate of drug-likeness (QED) is 0.843. The summed E-state index contributed by atoms with van der Waals surface area (Å²) in [6.45, 7) is 2.01. The van der Waals surface area contributed by atoms with Crippen LogP contribution in [0.5, 0.6) is 0 Å². The van der Waals surface area contributed by atoms with Gasteiger partial charge in [-0.15, -0.1) is 0 Å². The third-order valence-corrected chi connectivity index (χ3v) is 3.48. The maximum atomic E-state index is 11.8. The molecule has 1 amide bonds. The second-order valence-electron chi connectivity index (χ2n) is 3.85. The Hall–Kier alpha value is -1.56. The molecule has 0 saturated carbocycles. The number of nitrogens with zero attached hydrogens (tertiary/aromatic N) is 1. The first-order valence-electron chi connectivity index (χ1n) is 5.22. The Morgan fingerprint density at radius 2 is 2.24 bits per heavy atom. The summed E-state index contributed by atoms with van der Waals surface area (Å²) in [5.41, 5.74) is 0.469. The number of thioether (sulfide) groups is 1. The van der Waals surface area contributed by atoms with Crippen LogP contribution >= 0.6 is 11.8 Å². The van der Waals surface area contributed by atoms with Crippen LogP contribution in [0.15, 0.2) is 23.1 Å². The van der Waals surface area contributed by atoms with E-state index in [1.165, 1.54) is 30.9 Å². The molecule has 1 aromatic rings. The first-order valence-corrected chi connectivity index (χ1v) is 6.10. The molecule has 1 N–H and O–H groups in total. The van der Waals surface area contributed by atoms with Gasteiger partial charge in [-0.05, 0) is 6.07 Å². The summed E-state index contributed by atoms with van der Waals surface area (Å²) >= 11 is 1.19. The summed E-state index contributed by atoms with van der Waals surface area (Å²) in [7, 11) is 0. The fourth-order valence-electron chi connectivity index (χ4n) is 1.81. The third kappa shape index (κ3) is 2.76. The van der Waals surface area contributed by atoms with Crippen molar-refractivity contribution in [1.82, 2.24) is 4.98 Å². The van der Waals surface area contributed by atoms with Crippen LogP contribution in [0.2, 0.25) is 0 Å². The van der Waals surface area contributed by atoms with Gasteiger partial charge in [0.2, 0.25) is 11.5 Å². The number of rotatable bonds is 2.